The Morgan fingerprint density at radius 3 is 2.90 bits per heavy atom. The summed E-state index contributed by atoms with van der Waals surface area (Å²) in [6, 6.07) is 7.08. The van der Waals surface area contributed by atoms with Crippen molar-refractivity contribution in [2.45, 2.75) is 32.9 Å². The van der Waals surface area contributed by atoms with E-state index in [1.54, 1.807) is 19.2 Å². The molecule has 1 amide bonds. The first kappa shape index (κ1) is 14.2. The number of aryl methyl sites for hydroxylation is 1. The van der Waals surface area contributed by atoms with E-state index in [0.717, 1.165) is 5.69 Å². The maximum atomic E-state index is 12.1. The van der Waals surface area contributed by atoms with Crippen molar-refractivity contribution in [2.75, 3.05) is 5.32 Å². The molecule has 2 heterocycles. The number of aromatic nitrogens is 2. The van der Waals surface area contributed by atoms with Crippen LogP contribution in [0.4, 0.5) is 5.82 Å². The Morgan fingerprint density at radius 2 is 2.30 bits per heavy atom. The number of pyridine rings is 1. The molecule has 6 heteroatoms. The highest BCUT2D eigenvalue weighted by Crippen LogP contribution is 2.08. The van der Waals surface area contributed by atoms with Crippen LogP contribution in [0.1, 0.15) is 24.8 Å². The van der Waals surface area contributed by atoms with Crippen LogP contribution in [0.5, 0.6) is 0 Å². The van der Waals surface area contributed by atoms with Gasteiger partial charge in [0.1, 0.15) is 5.76 Å². The molecule has 0 saturated carbocycles. The summed E-state index contributed by atoms with van der Waals surface area (Å²) in [5.74, 6) is 0.970. The average Bonchev–Trinajstić information content (AvgIpc) is 2.86. The van der Waals surface area contributed by atoms with Gasteiger partial charge in [0.25, 0.3) is 0 Å². The predicted molar refractivity (Wildman–Crippen MR) is 75.0 cm³/mol. The van der Waals surface area contributed by atoms with Crippen LogP contribution in [0.25, 0.3) is 0 Å². The molecule has 1 atom stereocenters. The van der Waals surface area contributed by atoms with Gasteiger partial charge in [0.2, 0.25) is 5.91 Å². The zero-order chi connectivity index (χ0) is 14.4. The fourth-order valence-corrected chi connectivity index (χ4v) is 1.79. The number of amides is 1. The van der Waals surface area contributed by atoms with E-state index in [0.29, 0.717) is 24.5 Å². The number of nitrogens with one attached hydrogen (secondary N) is 2. The molecule has 106 valence electrons. The number of nitrogens with zero attached hydrogens (tertiary/aromatic N) is 2. The maximum Gasteiger partial charge on any atom is 0.242 e. The van der Waals surface area contributed by atoms with E-state index < -0.39 is 0 Å². The maximum absolute atomic E-state index is 12.1. The van der Waals surface area contributed by atoms with Crippen LogP contribution in [0.15, 0.2) is 35.0 Å². The number of hydrogen-bond donors (Lipinski definition) is 2. The summed E-state index contributed by atoms with van der Waals surface area (Å²) in [5.41, 5.74) is 0.899. The van der Waals surface area contributed by atoms with Crippen LogP contribution in [-0.4, -0.2) is 22.1 Å². The van der Waals surface area contributed by atoms with Crippen LogP contribution in [0.2, 0.25) is 0 Å². The smallest absolute Gasteiger partial charge is 0.242 e. The van der Waals surface area contributed by atoms with Gasteiger partial charge in [0.15, 0.2) is 5.82 Å². The Morgan fingerprint density at radius 1 is 1.45 bits per heavy atom. The molecule has 2 N–H and O–H groups in total. The molecule has 0 aromatic carbocycles. The first-order valence-electron chi connectivity index (χ1n) is 6.56. The second kappa shape index (κ2) is 6.81. The third-order valence-electron chi connectivity index (χ3n) is 2.86. The van der Waals surface area contributed by atoms with Crippen molar-refractivity contribution in [3.63, 3.8) is 0 Å². The quantitative estimate of drug-likeness (QED) is 0.840. The highest BCUT2D eigenvalue weighted by Gasteiger charge is 2.17. The molecule has 0 aliphatic rings. The Balaban J connectivity index is 1.89. The van der Waals surface area contributed by atoms with Gasteiger partial charge >= 0.3 is 0 Å². The van der Waals surface area contributed by atoms with Crippen molar-refractivity contribution >= 4 is 11.7 Å². The van der Waals surface area contributed by atoms with Crippen molar-refractivity contribution in [1.29, 1.82) is 0 Å². The van der Waals surface area contributed by atoms with E-state index in [-0.39, 0.29) is 11.9 Å². The molecule has 2 rings (SSSR count). The van der Waals surface area contributed by atoms with Crippen molar-refractivity contribution in [2.24, 2.45) is 0 Å². The van der Waals surface area contributed by atoms with Crippen LogP contribution >= 0.6 is 0 Å². The summed E-state index contributed by atoms with van der Waals surface area (Å²) in [7, 11) is 0. The lowest BCUT2D eigenvalue weighted by molar-refractivity contribution is -0.118. The lowest BCUT2D eigenvalue weighted by atomic mass is 10.2. The summed E-state index contributed by atoms with van der Waals surface area (Å²) in [4.78, 5) is 16.3. The molecule has 0 spiro atoms. The Kier molecular flexibility index (Phi) is 4.84. The van der Waals surface area contributed by atoms with Crippen molar-refractivity contribution in [1.82, 2.24) is 15.5 Å². The van der Waals surface area contributed by atoms with Gasteiger partial charge in [0.05, 0.1) is 11.7 Å². The molecule has 0 unspecified atom stereocenters. The highest BCUT2D eigenvalue weighted by molar-refractivity contribution is 5.93. The minimum atomic E-state index is -0.297. The number of anilines is 1. The van der Waals surface area contributed by atoms with E-state index in [2.05, 4.69) is 20.8 Å². The third-order valence-corrected chi connectivity index (χ3v) is 2.86. The lowest BCUT2D eigenvalue weighted by Gasteiger charge is -2.15. The summed E-state index contributed by atoms with van der Waals surface area (Å²) in [6.07, 6.45) is 2.41. The zero-order valence-corrected chi connectivity index (χ0v) is 11.6. The summed E-state index contributed by atoms with van der Waals surface area (Å²) >= 11 is 0. The van der Waals surface area contributed by atoms with Crippen LogP contribution < -0.4 is 10.6 Å². The van der Waals surface area contributed by atoms with Gasteiger partial charge in [0, 0.05) is 18.8 Å². The second-order valence-corrected chi connectivity index (χ2v) is 4.47. The van der Waals surface area contributed by atoms with Gasteiger partial charge in [-0.15, -0.1) is 0 Å². The topological polar surface area (TPSA) is 80.0 Å². The molecule has 0 saturated heterocycles. The number of hydrogen-bond acceptors (Lipinski definition) is 5. The van der Waals surface area contributed by atoms with Crippen LogP contribution in [0.3, 0.4) is 0 Å². The van der Waals surface area contributed by atoms with E-state index in [4.69, 9.17) is 4.52 Å². The van der Waals surface area contributed by atoms with Crippen molar-refractivity contribution in [3.8, 4) is 0 Å². The standard InChI is InChI=1S/C14H18N4O2/c1-3-12(16-9-11-6-4-5-7-15-11)14(19)17-13-8-10(2)20-18-13/h4-8,12,16H,3,9H2,1-2H3,(H,17,18,19)/t12-/m1/s1. The molecule has 0 fully saturated rings. The molecule has 0 radical (unpaired) electrons. The van der Waals surface area contributed by atoms with Crippen molar-refractivity contribution < 1.29 is 9.32 Å². The Labute approximate surface area is 117 Å². The molecule has 2 aromatic rings. The summed E-state index contributed by atoms with van der Waals surface area (Å²) < 4.78 is 4.91. The molecule has 0 bridgehead atoms. The first-order chi connectivity index (χ1) is 9.69. The van der Waals surface area contributed by atoms with Gasteiger partial charge in [-0.3, -0.25) is 9.78 Å². The Bertz CT molecular complexity index is 553. The SMILES string of the molecule is CC[C@@H](NCc1ccccn1)C(=O)Nc1cc(C)on1. The van der Waals surface area contributed by atoms with E-state index in [9.17, 15) is 4.79 Å². The molecular weight excluding hydrogens is 256 g/mol. The molecule has 0 aliphatic carbocycles. The first-order valence-corrected chi connectivity index (χ1v) is 6.56. The minimum Gasteiger partial charge on any atom is -0.360 e. The van der Waals surface area contributed by atoms with Gasteiger partial charge in [-0.2, -0.15) is 0 Å². The highest BCUT2D eigenvalue weighted by atomic mass is 16.5. The van der Waals surface area contributed by atoms with E-state index in [1.807, 2.05) is 25.1 Å². The number of rotatable bonds is 6. The summed E-state index contributed by atoms with van der Waals surface area (Å²) in [6.45, 7) is 4.27. The average molecular weight is 274 g/mol. The molecular formula is C14H18N4O2. The fourth-order valence-electron chi connectivity index (χ4n) is 1.79. The van der Waals surface area contributed by atoms with Gasteiger partial charge < -0.3 is 15.2 Å². The van der Waals surface area contributed by atoms with Crippen LogP contribution in [0, 0.1) is 6.92 Å². The van der Waals surface area contributed by atoms with E-state index >= 15 is 0 Å². The van der Waals surface area contributed by atoms with Gasteiger partial charge in [-0.1, -0.05) is 18.1 Å². The minimum absolute atomic E-state index is 0.128. The number of carbonyl (C=O) groups excluding carboxylic acids is 1. The second-order valence-electron chi connectivity index (χ2n) is 4.47. The molecule has 2 aromatic heterocycles. The van der Waals surface area contributed by atoms with Crippen molar-refractivity contribution in [3.05, 3.63) is 41.9 Å². The number of carbonyl (C=O) groups is 1. The molecule has 20 heavy (non-hydrogen) atoms. The third kappa shape index (κ3) is 3.89. The Hall–Kier alpha value is -2.21. The fraction of sp³-hybridized carbons (Fsp3) is 0.357. The van der Waals surface area contributed by atoms with Gasteiger partial charge in [-0.05, 0) is 25.5 Å². The lowest BCUT2D eigenvalue weighted by Crippen LogP contribution is -2.39. The monoisotopic (exact) mass is 274 g/mol. The molecule has 6 nitrogen and oxygen atoms in total. The van der Waals surface area contributed by atoms with Gasteiger partial charge in [-0.25, -0.2) is 0 Å². The van der Waals surface area contributed by atoms with E-state index in [1.165, 1.54) is 0 Å². The van der Waals surface area contributed by atoms with Crippen LogP contribution in [-0.2, 0) is 11.3 Å². The zero-order valence-electron chi connectivity index (χ0n) is 11.6. The summed E-state index contributed by atoms with van der Waals surface area (Å²) in [5, 5.41) is 9.65. The normalized spacial score (nSPS) is 12.1. The molecule has 0 aliphatic heterocycles. The largest absolute Gasteiger partial charge is 0.360 e. The predicted octanol–water partition coefficient (Wildman–Crippen LogP) is 1.88.